The van der Waals surface area contributed by atoms with Crippen LogP contribution >= 0.6 is 11.6 Å². The molecule has 5 heteroatoms. The first kappa shape index (κ1) is 11.6. The van der Waals surface area contributed by atoms with E-state index >= 15 is 0 Å². The van der Waals surface area contributed by atoms with E-state index in [4.69, 9.17) is 16.7 Å². The molecule has 1 aromatic carbocycles. The van der Waals surface area contributed by atoms with Crippen molar-refractivity contribution < 1.29 is 9.90 Å². The highest BCUT2D eigenvalue weighted by atomic mass is 35.5. The second-order valence-corrected chi connectivity index (χ2v) is 5.08. The smallest absolute Gasteiger partial charge is 0.307 e. The van der Waals surface area contributed by atoms with Crippen LogP contribution < -0.4 is 5.32 Å². The molecule has 4 nitrogen and oxygen atoms in total. The van der Waals surface area contributed by atoms with Gasteiger partial charge in [0.2, 0.25) is 0 Å². The summed E-state index contributed by atoms with van der Waals surface area (Å²) in [6.07, 6.45) is 2.45. The SMILES string of the molecule is O=C(O)C1CNC(c2cc3[nH]ccc3cc2Cl)C1. The first-order valence-electron chi connectivity index (χ1n) is 5.88. The summed E-state index contributed by atoms with van der Waals surface area (Å²) in [5.74, 6) is -1.08. The molecular formula is C13H13ClN2O2. The molecule has 2 atom stereocenters. The lowest BCUT2D eigenvalue weighted by Crippen LogP contribution is -2.17. The van der Waals surface area contributed by atoms with Crippen LogP contribution in [0.5, 0.6) is 0 Å². The number of aromatic amines is 1. The first-order chi connectivity index (χ1) is 8.65. The summed E-state index contributed by atoms with van der Waals surface area (Å²) in [5.41, 5.74) is 1.99. The number of nitrogens with one attached hydrogen (secondary N) is 2. The highest BCUT2D eigenvalue weighted by Gasteiger charge is 2.31. The highest BCUT2D eigenvalue weighted by molar-refractivity contribution is 6.32. The molecule has 1 aromatic heterocycles. The van der Waals surface area contributed by atoms with Crippen LogP contribution in [-0.4, -0.2) is 22.6 Å². The number of carboxylic acid groups (broad SMARTS) is 1. The number of carbonyl (C=O) groups is 1. The van der Waals surface area contributed by atoms with E-state index in [1.807, 2.05) is 24.4 Å². The van der Waals surface area contributed by atoms with Gasteiger partial charge in [0.15, 0.2) is 0 Å². The molecule has 2 unspecified atom stereocenters. The Balaban J connectivity index is 1.94. The summed E-state index contributed by atoms with van der Waals surface area (Å²) < 4.78 is 0. The fraction of sp³-hybridized carbons (Fsp3) is 0.308. The predicted molar refractivity (Wildman–Crippen MR) is 69.8 cm³/mol. The van der Waals surface area contributed by atoms with Gasteiger partial charge in [-0.3, -0.25) is 4.79 Å². The second-order valence-electron chi connectivity index (χ2n) is 4.67. The highest BCUT2D eigenvalue weighted by Crippen LogP contribution is 2.34. The summed E-state index contributed by atoms with van der Waals surface area (Å²) in [4.78, 5) is 14.1. The molecule has 0 aliphatic carbocycles. The average molecular weight is 265 g/mol. The minimum atomic E-state index is -0.748. The van der Waals surface area contributed by atoms with Gasteiger partial charge in [-0.15, -0.1) is 0 Å². The summed E-state index contributed by atoms with van der Waals surface area (Å²) in [6, 6.07) is 5.90. The molecule has 0 spiro atoms. The van der Waals surface area contributed by atoms with E-state index in [0.717, 1.165) is 16.5 Å². The molecular weight excluding hydrogens is 252 g/mol. The molecule has 2 heterocycles. The van der Waals surface area contributed by atoms with E-state index < -0.39 is 5.97 Å². The summed E-state index contributed by atoms with van der Waals surface area (Å²) >= 11 is 6.27. The third-order valence-electron chi connectivity index (χ3n) is 3.53. The van der Waals surface area contributed by atoms with Crippen molar-refractivity contribution in [3.8, 4) is 0 Å². The maximum absolute atomic E-state index is 11.0. The summed E-state index contributed by atoms with van der Waals surface area (Å²) in [5, 5.41) is 14.0. The molecule has 0 bridgehead atoms. The molecule has 18 heavy (non-hydrogen) atoms. The zero-order chi connectivity index (χ0) is 12.7. The number of hydrogen-bond acceptors (Lipinski definition) is 2. The van der Waals surface area contributed by atoms with Crippen molar-refractivity contribution in [3.63, 3.8) is 0 Å². The number of hydrogen-bond donors (Lipinski definition) is 3. The Morgan fingerprint density at radius 1 is 1.44 bits per heavy atom. The van der Waals surface area contributed by atoms with Crippen LogP contribution in [0.25, 0.3) is 10.9 Å². The van der Waals surface area contributed by atoms with Gasteiger partial charge < -0.3 is 15.4 Å². The van der Waals surface area contributed by atoms with Gasteiger partial charge in [0, 0.05) is 34.7 Å². The van der Waals surface area contributed by atoms with Gasteiger partial charge in [0.25, 0.3) is 0 Å². The fourth-order valence-corrected chi connectivity index (χ4v) is 2.82. The van der Waals surface area contributed by atoms with Gasteiger partial charge in [0.05, 0.1) is 5.92 Å². The maximum atomic E-state index is 11.0. The molecule has 0 saturated carbocycles. The van der Waals surface area contributed by atoms with E-state index in [1.54, 1.807) is 0 Å². The molecule has 1 saturated heterocycles. The van der Waals surface area contributed by atoms with E-state index in [2.05, 4.69) is 10.3 Å². The third kappa shape index (κ3) is 1.87. The number of aromatic nitrogens is 1. The Kier molecular flexibility index (Phi) is 2.76. The van der Waals surface area contributed by atoms with Crippen LogP contribution in [0.1, 0.15) is 18.0 Å². The molecule has 1 fully saturated rings. The monoisotopic (exact) mass is 264 g/mol. The predicted octanol–water partition coefficient (Wildman–Crippen LogP) is 2.56. The van der Waals surface area contributed by atoms with Crippen molar-refractivity contribution in [1.29, 1.82) is 0 Å². The Hall–Kier alpha value is -1.52. The lowest BCUT2D eigenvalue weighted by atomic mass is 9.99. The normalized spacial score (nSPS) is 23.6. The zero-order valence-corrected chi connectivity index (χ0v) is 10.4. The zero-order valence-electron chi connectivity index (χ0n) is 9.61. The largest absolute Gasteiger partial charge is 0.481 e. The quantitative estimate of drug-likeness (QED) is 0.781. The van der Waals surface area contributed by atoms with Crippen molar-refractivity contribution in [2.45, 2.75) is 12.5 Å². The Morgan fingerprint density at radius 2 is 2.28 bits per heavy atom. The van der Waals surface area contributed by atoms with Crippen molar-refractivity contribution in [2.75, 3.05) is 6.54 Å². The number of fused-ring (bicyclic) bond motifs is 1. The van der Waals surface area contributed by atoms with Crippen molar-refractivity contribution in [1.82, 2.24) is 10.3 Å². The minimum Gasteiger partial charge on any atom is -0.481 e. The van der Waals surface area contributed by atoms with Crippen LogP contribution in [0.4, 0.5) is 0 Å². The van der Waals surface area contributed by atoms with Crippen molar-refractivity contribution >= 4 is 28.5 Å². The molecule has 0 radical (unpaired) electrons. The lowest BCUT2D eigenvalue weighted by Gasteiger charge is -2.13. The standard InChI is InChI=1S/C13H13ClN2O2/c14-10-3-7-1-2-15-11(7)5-9(10)12-4-8(6-16-12)13(17)18/h1-3,5,8,12,15-16H,4,6H2,(H,17,18). The molecule has 1 aliphatic heterocycles. The maximum Gasteiger partial charge on any atom is 0.307 e. The molecule has 0 amide bonds. The van der Waals surface area contributed by atoms with Gasteiger partial charge in [0.1, 0.15) is 0 Å². The number of carboxylic acids is 1. The van der Waals surface area contributed by atoms with Crippen LogP contribution in [-0.2, 0) is 4.79 Å². The van der Waals surface area contributed by atoms with Crippen molar-refractivity contribution in [2.24, 2.45) is 5.92 Å². The Morgan fingerprint density at radius 3 is 3.00 bits per heavy atom. The van der Waals surface area contributed by atoms with Crippen LogP contribution in [0, 0.1) is 5.92 Å². The Labute approximate surface area is 109 Å². The van der Waals surface area contributed by atoms with Crippen molar-refractivity contribution in [3.05, 3.63) is 35.0 Å². The third-order valence-corrected chi connectivity index (χ3v) is 3.85. The summed E-state index contributed by atoms with van der Waals surface area (Å²) in [6.45, 7) is 0.499. The number of rotatable bonds is 2. The molecule has 94 valence electrons. The van der Waals surface area contributed by atoms with Gasteiger partial charge in [-0.05, 0) is 30.2 Å². The van der Waals surface area contributed by atoms with Crippen LogP contribution in [0.3, 0.4) is 0 Å². The summed E-state index contributed by atoms with van der Waals surface area (Å²) in [7, 11) is 0. The van der Waals surface area contributed by atoms with Gasteiger partial charge in [-0.2, -0.15) is 0 Å². The molecule has 2 aromatic rings. The Bertz CT molecular complexity index is 608. The van der Waals surface area contributed by atoms with E-state index in [0.29, 0.717) is 18.0 Å². The lowest BCUT2D eigenvalue weighted by molar-refractivity contribution is -0.141. The van der Waals surface area contributed by atoms with E-state index in [9.17, 15) is 4.79 Å². The van der Waals surface area contributed by atoms with E-state index in [1.165, 1.54) is 0 Å². The van der Waals surface area contributed by atoms with Gasteiger partial charge >= 0.3 is 5.97 Å². The van der Waals surface area contributed by atoms with E-state index in [-0.39, 0.29) is 12.0 Å². The number of halogens is 1. The topological polar surface area (TPSA) is 65.1 Å². The molecule has 3 rings (SSSR count). The minimum absolute atomic E-state index is 0.0197. The number of H-pyrrole nitrogens is 1. The molecule has 3 N–H and O–H groups in total. The van der Waals surface area contributed by atoms with Gasteiger partial charge in [-0.25, -0.2) is 0 Å². The van der Waals surface area contributed by atoms with Crippen LogP contribution in [0.15, 0.2) is 24.4 Å². The molecule has 1 aliphatic rings. The van der Waals surface area contributed by atoms with Gasteiger partial charge in [-0.1, -0.05) is 11.6 Å². The number of benzene rings is 1. The first-order valence-corrected chi connectivity index (χ1v) is 6.25. The average Bonchev–Trinajstić information content (AvgIpc) is 2.94. The second kappa shape index (κ2) is 4.30. The number of aliphatic carboxylic acids is 1. The van der Waals surface area contributed by atoms with Crippen LogP contribution in [0.2, 0.25) is 5.02 Å². The fourth-order valence-electron chi connectivity index (χ4n) is 2.52.